The van der Waals surface area contributed by atoms with Gasteiger partial charge in [-0.1, -0.05) is 12.1 Å². The first kappa shape index (κ1) is 16.3. The fraction of sp³-hybridized carbons (Fsp3) is 0.308. The Labute approximate surface area is 121 Å². The quantitative estimate of drug-likeness (QED) is 0.555. The molecular weight excluding hydrogens is 278 g/mol. The zero-order valence-electron chi connectivity index (χ0n) is 11.3. The minimum Gasteiger partial charge on any atom is -0.481 e. The molecule has 0 saturated heterocycles. The van der Waals surface area contributed by atoms with Gasteiger partial charge in [0.2, 0.25) is 0 Å². The highest BCUT2D eigenvalue weighted by Gasteiger charge is 2.04. The first-order chi connectivity index (χ1) is 9.97. The normalized spacial score (nSPS) is 9.71. The number of carboxylic acid groups (broad SMARTS) is 1. The molecule has 0 spiro atoms. The Morgan fingerprint density at radius 1 is 1.29 bits per heavy atom. The summed E-state index contributed by atoms with van der Waals surface area (Å²) < 4.78 is 4.46. The van der Waals surface area contributed by atoms with E-state index in [1.54, 1.807) is 24.3 Å². The second-order valence-corrected chi connectivity index (χ2v) is 4.14. The van der Waals surface area contributed by atoms with Crippen molar-refractivity contribution in [3.05, 3.63) is 29.8 Å². The molecule has 0 saturated carbocycles. The summed E-state index contributed by atoms with van der Waals surface area (Å²) >= 11 is 0. The van der Waals surface area contributed by atoms with Crippen LogP contribution >= 0.6 is 0 Å². The van der Waals surface area contributed by atoms with Crippen LogP contribution in [-0.4, -0.2) is 36.4 Å². The number of nitrogens with one attached hydrogen (secondary N) is 2. The van der Waals surface area contributed by atoms with Gasteiger partial charge in [0.25, 0.3) is 0 Å². The molecule has 21 heavy (non-hydrogen) atoms. The molecule has 1 aromatic rings. The number of amides is 3. The minimum absolute atomic E-state index is 0.0125. The third kappa shape index (κ3) is 7.41. The summed E-state index contributed by atoms with van der Waals surface area (Å²) in [6.07, 6.45) is -0.484. The van der Waals surface area contributed by atoms with Crippen molar-refractivity contribution < 1.29 is 24.2 Å². The molecule has 0 radical (unpaired) electrons. The molecule has 0 aromatic heterocycles. The maximum atomic E-state index is 11.5. The zero-order valence-corrected chi connectivity index (χ0v) is 11.3. The van der Waals surface area contributed by atoms with E-state index in [-0.39, 0.29) is 19.6 Å². The van der Waals surface area contributed by atoms with Gasteiger partial charge in [-0.05, 0) is 24.1 Å². The van der Waals surface area contributed by atoms with Gasteiger partial charge in [-0.2, -0.15) is 0 Å². The van der Waals surface area contributed by atoms with Crippen molar-refractivity contribution in [3.63, 3.8) is 0 Å². The van der Waals surface area contributed by atoms with E-state index in [0.29, 0.717) is 12.1 Å². The van der Waals surface area contributed by atoms with Gasteiger partial charge >= 0.3 is 18.1 Å². The minimum atomic E-state index is -0.900. The van der Waals surface area contributed by atoms with E-state index in [1.165, 1.54) is 0 Å². The molecule has 0 aliphatic rings. The molecule has 1 aromatic carbocycles. The first-order valence-corrected chi connectivity index (χ1v) is 6.25. The van der Waals surface area contributed by atoms with Crippen molar-refractivity contribution in [2.45, 2.75) is 12.8 Å². The number of nitrogens with two attached hydrogens (primary N) is 1. The fourth-order valence-electron chi connectivity index (χ4n) is 1.55. The summed E-state index contributed by atoms with van der Waals surface area (Å²) in [5.74, 6) is -0.874. The third-order valence-corrected chi connectivity index (χ3v) is 2.44. The maximum absolute atomic E-state index is 11.5. The average molecular weight is 295 g/mol. The summed E-state index contributed by atoms with van der Waals surface area (Å²) in [5, 5.41) is 13.7. The standard InChI is InChI=1S/C13H17N3O5/c14-12(19)21-7-6-15-13(20)16-10-3-1-2-9(8-10)4-5-11(17)18/h1-3,8H,4-7H2,(H2,14,19)(H,17,18)(H2,15,16,20). The van der Waals surface area contributed by atoms with Crippen molar-refractivity contribution in [2.75, 3.05) is 18.5 Å². The Kier molecular flexibility index (Phi) is 6.52. The van der Waals surface area contributed by atoms with Crippen molar-refractivity contribution in [1.82, 2.24) is 5.32 Å². The van der Waals surface area contributed by atoms with Gasteiger partial charge in [-0.25, -0.2) is 9.59 Å². The van der Waals surface area contributed by atoms with E-state index in [0.717, 1.165) is 5.56 Å². The predicted octanol–water partition coefficient (Wildman–Crippen LogP) is 0.921. The smallest absolute Gasteiger partial charge is 0.404 e. The van der Waals surface area contributed by atoms with E-state index in [9.17, 15) is 14.4 Å². The summed E-state index contributed by atoms with van der Waals surface area (Å²) in [7, 11) is 0. The molecule has 0 unspecified atom stereocenters. The first-order valence-electron chi connectivity index (χ1n) is 6.25. The molecule has 114 valence electrons. The van der Waals surface area contributed by atoms with Crippen molar-refractivity contribution in [2.24, 2.45) is 5.73 Å². The Morgan fingerprint density at radius 2 is 2.05 bits per heavy atom. The lowest BCUT2D eigenvalue weighted by Crippen LogP contribution is -2.32. The van der Waals surface area contributed by atoms with E-state index in [1.807, 2.05) is 0 Å². The Balaban J connectivity index is 2.39. The van der Waals surface area contributed by atoms with Crippen LogP contribution in [0.4, 0.5) is 15.3 Å². The average Bonchev–Trinajstić information content (AvgIpc) is 2.41. The van der Waals surface area contributed by atoms with E-state index in [4.69, 9.17) is 10.8 Å². The molecule has 0 heterocycles. The second-order valence-electron chi connectivity index (χ2n) is 4.14. The number of benzene rings is 1. The van der Waals surface area contributed by atoms with Gasteiger partial charge in [-0.15, -0.1) is 0 Å². The van der Waals surface area contributed by atoms with Crippen molar-refractivity contribution >= 4 is 23.8 Å². The number of hydrogen-bond acceptors (Lipinski definition) is 4. The number of carboxylic acids is 1. The predicted molar refractivity (Wildman–Crippen MR) is 75.0 cm³/mol. The summed E-state index contributed by atoms with van der Waals surface area (Å²) in [6.45, 7) is 0.120. The highest BCUT2D eigenvalue weighted by molar-refractivity contribution is 5.89. The summed E-state index contributed by atoms with van der Waals surface area (Å²) in [6, 6.07) is 6.43. The topological polar surface area (TPSA) is 131 Å². The van der Waals surface area contributed by atoms with Gasteiger partial charge in [-0.3, -0.25) is 4.79 Å². The molecule has 8 heteroatoms. The molecule has 8 nitrogen and oxygen atoms in total. The monoisotopic (exact) mass is 295 g/mol. The maximum Gasteiger partial charge on any atom is 0.404 e. The van der Waals surface area contributed by atoms with Gasteiger partial charge < -0.3 is 26.2 Å². The number of aliphatic carboxylic acids is 1. The van der Waals surface area contributed by atoms with Crippen LogP contribution in [0.1, 0.15) is 12.0 Å². The summed E-state index contributed by atoms with van der Waals surface area (Å²) in [4.78, 5) is 32.4. The molecule has 0 fully saturated rings. The number of rotatable bonds is 7. The highest BCUT2D eigenvalue weighted by atomic mass is 16.5. The number of hydrogen-bond donors (Lipinski definition) is 4. The van der Waals surface area contributed by atoms with Crippen LogP contribution < -0.4 is 16.4 Å². The van der Waals surface area contributed by atoms with Crippen LogP contribution in [0.2, 0.25) is 0 Å². The van der Waals surface area contributed by atoms with E-state index >= 15 is 0 Å². The number of anilines is 1. The Morgan fingerprint density at radius 3 is 2.71 bits per heavy atom. The molecule has 0 aliphatic carbocycles. The molecule has 0 atom stereocenters. The van der Waals surface area contributed by atoms with Gasteiger partial charge in [0.1, 0.15) is 6.61 Å². The Hall–Kier alpha value is -2.77. The lowest BCUT2D eigenvalue weighted by molar-refractivity contribution is -0.136. The number of carbonyl (C=O) groups is 3. The zero-order chi connectivity index (χ0) is 15.7. The van der Waals surface area contributed by atoms with Crippen LogP contribution in [0.3, 0.4) is 0 Å². The largest absolute Gasteiger partial charge is 0.481 e. The van der Waals surface area contributed by atoms with Crippen LogP contribution in [-0.2, 0) is 16.0 Å². The van der Waals surface area contributed by atoms with Crippen LogP contribution in [0, 0.1) is 0 Å². The molecule has 0 bridgehead atoms. The molecular formula is C13H17N3O5. The van der Waals surface area contributed by atoms with E-state index in [2.05, 4.69) is 15.4 Å². The number of aryl methyl sites for hydroxylation is 1. The van der Waals surface area contributed by atoms with Crippen LogP contribution in [0.5, 0.6) is 0 Å². The Bertz CT molecular complexity index is 518. The SMILES string of the molecule is NC(=O)OCCNC(=O)Nc1cccc(CCC(=O)O)c1. The lowest BCUT2D eigenvalue weighted by Gasteiger charge is -2.08. The number of carbonyl (C=O) groups excluding carboxylic acids is 2. The molecule has 3 amide bonds. The van der Waals surface area contributed by atoms with Gasteiger partial charge in [0, 0.05) is 12.1 Å². The molecule has 1 rings (SSSR count). The van der Waals surface area contributed by atoms with Crippen molar-refractivity contribution in [1.29, 1.82) is 0 Å². The van der Waals surface area contributed by atoms with Crippen LogP contribution in [0.25, 0.3) is 0 Å². The van der Waals surface area contributed by atoms with Gasteiger partial charge in [0.15, 0.2) is 0 Å². The number of ether oxygens (including phenoxy) is 1. The van der Waals surface area contributed by atoms with Crippen LogP contribution in [0.15, 0.2) is 24.3 Å². The highest BCUT2D eigenvalue weighted by Crippen LogP contribution is 2.12. The summed E-state index contributed by atoms with van der Waals surface area (Å²) in [5.41, 5.74) is 6.13. The van der Waals surface area contributed by atoms with Gasteiger partial charge in [0.05, 0.1) is 6.54 Å². The van der Waals surface area contributed by atoms with E-state index < -0.39 is 18.1 Å². The second kappa shape index (κ2) is 8.41. The fourth-order valence-corrected chi connectivity index (χ4v) is 1.55. The third-order valence-electron chi connectivity index (χ3n) is 2.44. The molecule has 5 N–H and O–H groups in total. The lowest BCUT2D eigenvalue weighted by atomic mass is 10.1. The van der Waals surface area contributed by atoms with Crippen molar-refractivity contribution in [3.8, 4) is 0 Å². The molecule has 0 aliphatic heterocycles. The number of primary amides is 1. The number of urea groups is 1.